The summed E-state index contributed by atoms with van der Waals surface area (Å²) < 4.78 is 6.34. The molecule has 1 N–H and O–H groups in total. The van der Waals surface area contributed by atoms with E-state index in [1.165, 1.54) is 11.2 Å². The highest BCUT2D eigenvalue weighted by molar-refractivity contribution is 9.10. The van der Waals surface area contributed by atoms with E-state index in [1.54, 1.807) is 60.7 Å². The minimum absolute atomic E-state index is 0.00104. The van der Waals surface area contributed by atoms with Crippen LogP contribution >= 0.6 is 15.9 Å². The molecule has 27 heavy (non-hydrogen) atoms. The van der Waals surface area contributed by atoms with Gasteiger partial charge in [-0.2, -0.15) is 0 Å². The number of halogens is 1. The second kappa shape index (κ2) is 6.89. The molecule has 0 bridgehead atoms. The van der Waals surface area contributed by atoms with Crippen LogP contribution in [0.5, 0.6) is 0 Å². The first-order chi connectivity index (χ1) is 13.1. The molecule has 5 nitrogen and oxygen atoms in total. The minimum Gasteiger partial charge on any atom is -0.507 e. The van der Waals surface area contributed by atoms with Crippen molar-refractivity contribution in [1.82, 2.24) is 0 Å². The van der Waals surface area contributed by atoms with Crippen LogP contribution in [0.15, 0.2) is 87.5 Å². The first kappa shape index (κ1) is 17.3. The number of aliphatic hydroxyl groups excluding tert-OH is 1. The van der Waals surface area contributed by atoms with Crippen molar-refractivity contribution >= 4 is 39.1 Å². The minimum atomic E-state index is -0.842. The molecule has 3 aromatic rings. The van der Waals surface area contributed by atoms with Crippen molar-refractivity contribution in [2.75, 3.05) is 4.90 Å². The molecule has 0 spiro atoms. The third kappa shape index (κ3) is 2.98. The molecule has 0 radical (unpaired) electrons. The second-order valence-electron chi connectivity index (χ2n) is 6.03. The molecule has 1 aliphatic heterocycles. The summed E-state index contributed by atoms with van der Waals surface area (Å²) in [5.41, 5.74) is 0.998. The number of carbonyl (C=O) groups excluding carboxylic acids is 2. The third-order valence-electron chi connectivity index (χ3n) is 4.41. The first-order valence-corrected chi connectivity index (χ1v) is 9.02. The van der Waals surface area contributed by atoms with Gasteiger partial charge in [-0.05, 0) is 36.4 Å². The van der Waals surface area contributed by atoms with E-state index in [9.17, 15) is 14.7 Å². The number of Topliss-reactive ketones (excluding diaryl/α,β-unsaturated/α-hetero) is 1. The molecule has 1 aliphatic rings. The summed E-state index contributed by atoms with van der Waals surface area (Å²) in [4.78, 5) is 27.0. The van der Waals surface area contributed by atoms with Crippen molar-refractivity contribution in [2.24, 2.45) is 0 Å². The number of amides is 1. The number of aliphatic hydroxyl groups is 1. The molecule has 1 atom stereocenters. The van der Waals surface area contributed by atoms with Gasteiger partial charge in [0.05, 0.1) is 11.8 Å². The highest BCUT2D eigenvalue weighted by Crippen LogP contribution is 2.42. The number of hydrogen-bond acceptors (Lipinski definition) is 4. The fourth-order valence-corrected chi connectivity index (χ4v) is 3.43. The Kier molecular flexibility index (Phi) is 4.41. The van der Waals surface area contributed by atoms with Gasteiger partial charge in [-0.3, -0.25) is 14.5 Å². The van der Waals surface area contributed by atoms with Crippen molar-refractivity contribution in [3.63, 3.8) is 0 Å². The zero-order valence-electron chi connectivity index (χ0n) is 14.0. The number of nitrogens with zero attached hydrogens (tertiary/aromatic N) is 1. The van der Waals surface area contributed by atoms with E-state index in [1.807, 2.05) is 6.07 Å². The van der Waals surface area contributed by atoms with Crippen molar-refractivity contribution in [1.29, 1.82) is 0 Å². The van der Waals surface area contributed by atoms with Gasteiger partial charge in [0.2, 0.25) is 0 Å². The molecule has 6 heteroatoms. The van der Waals surface area contributed by atoms with Gasteiger partial charge in [0, 0.05) is 15.7 Å². The van der Waals surface area contributed by atoms with Crippen LogP contribution in [0.4, 0.5) is 5.69 Å². The van der Waals surface area contributed by atoms with Gasteiger partial charge in [-0.25, -0.2) is 0 Å². The van der Waals surface area contributed by atoms with Gasteiger partial charge in [0.15, 0.2) is 0 Å². The number of anilines is 1. The Morgan fingerprint density at radius 3 is 2.30 bits per heavy atom. The number of hydrogen-bond donors (Lipinski definition) is 1. The van der Waals surface area contributed by atoms with Crippen LogP contribution in [0.1, 0.15) is 17.4 Å². The fraction of sp³-hybridized carbons (Fsp3) is 0.0476. The van der Waals surface area contributed by atoms with Gasteiger partial charge < -0.3 is 9.52 Å². The smallest absolute Gasteiger partial charge is 0.300 e. The molecular formula is C21H14BrNO4. The Morgan fingerprint density at radius 1 is 0.963 bits per heavy atom. The molecule has 2 heterocycles. The standard InChI is InChI=1S/C21H14BrNO4/c22-14-10-8-13(9-11-14)19(24)17-18(16-7-4-12-27-16)23(21(26)20(17)25)15-5-2-1-3-6-15/h1-12,18,24H/b19-17-. The third-order valence-corrected chi connectivity index (χ3v) is 4.94. The highest BCUT2D eigenvalue weighted by Gasteiger charge is 2.48. The van der Waals surface area contributed by atoms with Gasteiger partial charge >= 0.3 is 0 Å². The SMILES string of the molecule is O=C1C(=O)N(c2ccccc2)C(c2ccco2)/C1=C(/O)c1ccc(Br)cc1. The average Bonchev–Trinajstić information content (AvgIpc) is 3.30. The molecule has 1 aromatic heterocycles. The topological polar surface area (TPSA) is 70.8 Å². The number of para-hydroxylation sites is 1. The molecule has 1 amide bonds. The zero-order chi connectivity index (χ0) is 19.0. The lowest BCUT2D eigenvalue weighted by Crippen LogP contribution is -2.29. The summed E-state index contributed by atoms with van der Waals surface area (Å²) >= 11 is 3.34. The van der Waals surface area contributed by atoms with E-state index < -0.39 is 17.7 Å². The summed E-state index contributed by atoms with van der Waals surface area (Å²) in [5.74, 6) is -1.29. The molecule has 0 aliphatic carbocycles. The lowest BCUT2D eigenvalue weighted by atomic mass is 9.99. The van der Waals surface area contributed by atoms with E-state index in [0.717, 1.165) is 4.47 Å². The van der Waals surface area contributed by atoms with Crippen LogP contribution < -0.4 is 4.90 Å². The number of ketones is 1. The Hall–Kier alpha value is -3.12. The van der Waals surface area contributed by atoms with Crippen LogP contribution in [0.3, 0.4) is 0 Å². The number of rotatable bonds is 3. The van der Waals surface area contributed by atoms with Gasteiger partial charge in [-0.15, -0.1) is 0 Å². The first-order valence-electron chi connectivity index (χ1n) is 8.23. The maximum Gasteiger partial charge on any atom is 0.300 e. The second-order valence-corrected chi connectivity index (χ2v) is 6.94. The van der Waals surface area contributed by atoms with E-state index in [4.69, 9.17) is 4.42 Å². The highest BCUT2D eigenvalue weighted by atomic mass is 79.9. The molecule has 1 unspecified atom stereocenters. The average molecular weight is 424 g/mol. The van der Waals surface area contributed by atoms with Gasteiger partial charge in [0.1, 0.15) is 17.6 Å². The Balaban J connectivity index is 1.92. The van der Waals surface area contributed by atoms with E-state index in [0.29, 0.717) is 17.0 Å². The molecule has 4 rings (SSSR count). The maximum absolute atomic E-state index is 12.8. The summed E-state index contributed by atoms with van der Waals surface area (Å²) in [6.45, 7) is 0. The number of benzene rings is 2. The number of furan rings is 1. The Labute approximate surface area is 163 Å². The molecule has 134 valence electrons. The van der Waals surface area contributed by atoms with E-state index in [2.05, 4.69) is 15.9 Å². The maximum atomic E-state index is 12.8. The fourth-order valence-electron chi connectivity index (χ4n) is 3.17. The lowest BCUT2D eigenvalue weighted by molar-refractivity contribution is -0.132. The van der Waals surface area contributed by atoms with Crippen LogP contribution in [0, 0.1) is 0 Å². The van der Waals surface area contributed by atoms with Crippen LogP contribution in [-0.2, 0) is 9.59 Å². The van der Waals surface area contributed by atoms with Gasteiger partial charge in [0.25, 0.3) is 11.7 Å². The summed E-state index contributed by atoms with van der Waals surface area (Å²) in [5, 5.41) is 10.9. The molecule has 0 saturated carbocycles. The lowest BCUT2D eigenvalue weighted by Gasteiger charge is -2.23. The van der Waals surface area contributed by atoms with Crippen molar-refractivity contribution in [2.45, 2.75) is 6.04 Å². The zero-order valence-corrected chi connectivity index (χ0v) is 15.6. The molecule has 2 aromatic carbocycles. The Morgan fingerprint density at radius 2 is 1.67 bits per heavy atom. The molecular weight excluding hydrogens is 410 g/mol. The van der Waals surface area contributed by atoms with Crippen LogP contribution in [-0.4, -0.2) is 16.8 Å². The largest absolute Gasteiger partial charge is 0.507 e. The predicted octanol–water partition coefficient (Wildman–Crippen LogP) is 4.67. The molecule has 1 fully saturated rings. The van der Waals surface area contributed by atoms with Crippen molar-refractivity contribution in [3.8, 4) is 0 Å². The van der Waals surface area contributed by atoms with Gasteiger partial charge in [-0.1, -0.05) is 46.3 Å². The summed E-state index contributed by atoms with van der Waals surface area (Å²) in [6, 6.07) is 18.2. The van der Waals surface area contributed by atoms with Crippen LogP contribution in [0.25, 0.3) is 5.76 Å². The van der Waals surface area contributed by atoms with E-state index in [-0.39, 0.29) is 11.3 Å². The monoisotopic (exact) mass is 423 g/mol. The normalized spacial score (nSPS) is 18.9. The van der Waals surface area contributed by atoms with E-state index >= 15 is 0 Å². The van der Waals surface area contributed by atoms with Crippen molar-refractivity contribution < 1.29 is 19.1 Å². The van der Waals surface area contributed by atoms with Crippen molar-refractivity contribution in [3.05, 3.63) is 94.4 Å². The Bertz CT molecular complexity index is 1020. The summed E-state index contributed by atoms with van der Waals surface area (Å²) in [7, 11) is 0. The van der Waals surface area contributed by atoms with Crippen LogP contribution in [0.2, 0.25) is 0 Å². The predicted molar refractivity (Wildman–Crippen MR) is 104 cm³/mol. The molecule has 1 saturated heterocycles. The summed E-state index contributed by atoms with van der Waals surface area (Å²) in [6.07, 6.45) is 1.47. The number of carbonyl (C=O) groups is 2. The quantitative estimate of drug-likeness (QED) is 0.377.